The van der Waals surface area contributed by atoms with E-state index < -0.39 is 16.1 Å². The quantitative estimate of drug-likeness (QED) is 0.636. The average molecular weight is 437 g/mol. The van der Waals surface area contributed by atoms with Gasteiger partial charge in [0.1, 0.15) is 34.9 Å². The van der Waals surface area contributed by atoms with Gasteiger partial charge in [0.25, 0.3) is 0 Å². The van der Waals surface area contributed by atoms with E-state index in [1.54, 1.807) is 12.1 Å². The topological polar surface area (TPSA) is 88.5 Å². The highest BCUT2D eigenvalue weighted by atomic mass is 32.2. The van der Waals surface area contributed by atoms with Crippen LogP contribution in [0.25, 0.3) is 0 Å². The molecule has 164 valence electrons. The number of β-amino-alcohol motifs (C(OH)–C–C–N with tert-alkyl or cyclic N) is 1. The molecule has 30 heavy (non-hydrogen) atoms. The average Bonchev–Trinajstić information content (AvgIpc) is 2.78. The number of benzene rings is 2. The van der Waals surface area contributed by atoms with Crippen molar-refractivity contribution in [2.24, 2.45) is 0 Å². The number of ether oxygens (including phenoxy) is 3. The Morgan fingerprint density at radius 3 is 2.30 bits per heavy atom. The predicted octanol–water partition coefficient (Wildman–Crippen LogP) is 1.45. The Balaban J connectivity index is 1.56. The third-order valence-electron chi connectivity index (χ3n) is 4.97. The van der Waals surface area contributed by atoms with Gasteiger partial charge in [-0.25, -0.2) is 8.42 Å². The van der Waals surface area contributed by atoms with Gasteiger partial charge in [0.2, 0.25) is 10.0 Å². The first kappa shape index (κ1) is 22.4. The normalized spacial score (nSPS) is 16.8. The number of piperazine rings is 1. The summed E-state index contributed by atoms with van der Waals surface area (Å²) in [6.07, 6.45) is -0.660. The van der Waals surface area contributed by atoms with E-state index in [4.69, 9.17) is 14.2 Å². The van der Waals surface area contributed by atoms with Crippen LogP contribution in [-0.2, 0) is 10.0 Å². The molecule has 0 unspecified atom stereocenters. The summed E-state index contributed by atoms with van der Waals surface area (Å²) >= 11 is 0. The van der Waals surface area contributed by atoms with Crippen molar-refractivity contribution in [3.63, 3.8) is 0 Å². The van der Waals surface area contributed by atoms with Gasteiger partial charge in [-0.1, -0.05) is 18.2 Å². The van der Waals surface area contributed by atoms with Gasteiger partial charge in [-0.2, -0.15) is 4.31 Å². The van der Waals surface area contributed by atoms with Crippen molar-refractivity contribution in [2.75, 3.05) is 53.6 Å². The Hall–Kier alpha value is -2.33. The third kappa shape index (κ3) is 5.42. The summed E-state index contributed by atoms with van der Waals surface area (Å²) in [6.45, 7) is 2.30. The van der Waals surface area contributed by atoms with Crippen LogP contribution in [0.4, 0.5) is 0 Å². The molecule has 0 spiro atoms. The largest absolute Gasteiger partial charge is 0.497 e. The van der Waals surface area contributed by atoms with Crippen LogP contribution in [0.5, 0.6) is 17.2 Å². The van der Waals surface area contributed by atoms with Gasteiger partial charge in [0.05, 0.1) is 14.2 Å². The molecule has 1 fully saturated rings. The van der Waals surface area contributed by atoms with Gasteiger partial charge in [0.15, 0.2) is 0 Å². The lowest BCUT2D eigenvalue weighted by atomic mass is 10.3. The zero-order valence-electron chi connectivity index (χ0n) is 17.2. The number of sulfonamides is 1. The molecule has 0 radical (unpaired) electrons. The second-order valence-electron chi connectivity index (χ2n) is 7.00. The highest BCUT2D eigenvalue weighted by molar-refractivity contribution is 7.89. The van der Waals surface area contributed by atoms with E-state index in [9.17, 15) is 13.5 Å². The van der Waals surface area contributed by atoms with Crippen LogP contribution in [0, 0.1) is 0 Å². The number of aliphatic hydroxyl groups excluding tert-OH is 1. The molecule has 1 heterocycles. The molecule has 1 N–H and O–H groups in total. The number of nitrogens with zero attached hydrogens (tertiary/aromatic N) is 2. The smallest absolute Gasteiger partial charge is 0.246 e. The van der Waals surface area contributed by atoms with E-state index in [0.29, 0.717) is 44.2 Å². The fraction of sp³-hybridized carbons (Fsp3) is 0.429. The van der Waals surface area contributed by atoms with Crippen molar-refractivity contribution in [1.82, 2.24) is 9.21 Å². The van der Waals surface area contributed by atoms with Crippen molar-refractivity contribution in [1.29, 1.82) is 0 Å². The van der Waals surface area contributed by atoms with Crippen LogP contribution in [-0.4, -0.2) is 82.4 Å². The molecular formula is C21H28N2O6S. The molecular weight excluding hydrogens is 408 g/mol. The predicted molar refractivity (Wildman–Crippen MR) is 113 cm³/mol. The fourth-order valence-electron chi connectivity index (χ4n) is 3.34. The number of aliphatic hydroxyl groups is 1. The highest BCUT2D eigenvalue weighted by Crippen LogP contribution is 2.31. The lowest BCUT2D eigenvalue weighted by Crippen LogP contribution is -2.50. The minimum Gasteiger partial charge on any atom is -0.497 e. The van der Waals surface area contributed by atoms with Crippen LogP contribution < -0.4 is 14.2 Å². The Kier molecular flexibility index (Phi) is 7.54. The second-order valence-corrected chi connectivity index (χ2v) is 8.91. The van der Waals surface area contributed by atoms with Gasteiger partial charge in [-0.15, -0.1) is 0 Å². The third-order valence-corrected chi connectivity index (χ3v) is 6.89. The molecule has 0 aromatic heterocycles. The van der Waals surface area contributed by atoms with Crippen LogP contribution in [0.15, 0.2) is 53.4 Å². The molecule has 2 aromatic rings. The van der Waals surface area contributed by atoms with E-state index in [1.165, 1.54) is 24.6 Å². The molecule has 0 amide bonds. The summed E-state index contributed by atoms with van der Waals surface area (Å²) in [7, 11) is -0.789. The summed E-state index contributed by atoms with van der Waals surface area (Å²) in [4.78, 5) is 2.13. The van der Waals surface area contributed by atoms with E-state index in [-0.39, 0.29) is 17.3 Å². The monoisotopic (exact) mass is 436 g/mol. The Bertz CT molecular complexity index is 914. The maximum absolute atomic E-state index is 13.1. The fourth-order valence-corrected chi connectivity index (χ4v) is 4.93. The lowest BCUT2D eigenvalue weighted by Gasteiger charge is -2.35. The number of rotatable bonds is 9. The summed E-state index contributed by atoms with van der Waals surface area (Å²) in [5.41, 5.74) is 0. The number of hydrogen-bond acceptors (Lipinski definition) is 7. The molecule has 0 saturated carbocycles. The van der Waals surface area contributed by atoms with Crippen molar-refractivity contribution in [3.8, 4) is 17.2 Å². The molecule has 0 bridgehead atoms. The van der Waals surface area contributed by atoms with Gasteiger partial charge in [-0.05, 0) is 24.3 Å². The SMILES string of the molecule is COc1ccc(OC)c(S(=O)(=O)N2CCN(C[C@H](O)COc3ccccc3)CC2)c1. The maximum atomic E-state index is 13.1. The van der Waals surface area contributed by atoms with Gasteiger partial charge in [-0.3, -0.25) is 4.90 Å². The van der Waals surface area contributed by atoms with Crippen LogP contribution in [0.1, 0.15) is 0 Å². The Morgan fingerprint density at radius 1 is 0.967 bits per heavy atom. The van der Waals surface area contributed by atoms with Crippen LogP contribution in [0.3, 0.4) is 0 Å². The number of hydrogen-bond donors (Lipinski definition) is 1. The summed E-state index contributed by atoms with van der Waals surface area (Å²) in [5.74, 6) is 1.45. The minimum atomic E-state index is -3.72. The summed E-state index contributed by atoms with van der Waals surface area (Å²) in [5, 5.41) is 10.3. The maximum Gasteiger partial charge on any atom is 0.246 e. The van der Waals surface area contributed by atoms with Gasteiger partial charge < -0.3 is 19.3 Å². The second kappa shape index (κ2) is 10.1. The molecule has 2 aromatic carbocycles. The van der Waals surface area contributed by atoms with E-state index >= 15 is 0 Å². The molecule has 1 aliphatic heterocycles. The molecule has 0 aliphatic carbocycles. The van der Waals surface area contributed by atoms with Crippen LogP contribution >= 0.6 is 0 Å². The lowest BCUT2D eigenvalue weighted by molar-refractivity contribution is 0.0569. The Morgan fingerprint density at radius 2 is 1.67 bits per heavy atom. The molecule has 1 atom stereocenters. The number of para-hydroxylation sites is 1. The van der Waals surface area contributed by atoms with Crippen molar-refractivity contribution in [2.45, 2.75) is 11.0 Å². The van der Waals surface area contributed by atoms with Crippen molar-refractivity contribution < 1.29 is 27.7 Å². The standard InChI is InChI=1S/C21H28N2O6S/c1-27-19-8-9-20(28-2)21(14-19)30(25,26)23-12-10-22(11-13-23)15-17(24)16-29-18-6-4-3-5-7-18/h3-9,14,17,24H,10-13,15-16H2,1-2H3/t17-/m0/s1. The van der Waals surface area contributed by atoms with Gasteiger partial charge >= 0.3 is 0 Å². The Labute approximate surface area is 177 Å². The molecule has 1 aliphatic rings. The zero-order chi connectivity index (χ0) is 21.6. The van der Waals surface area contributed by atoms with Gasteiger partial charge in [0, 0.05) is 38.8 Å². The first-order valence-corrected chi connectivity index (χ1v) is 11.2. The van der Waals surface area contributed by atoms with E-state index in [2.05, 4.69) is 0 Å². The number of methoxy groups -OCH3 is 2. The first-order chi connectivity index (χ1) is 14.4. The molecule has 9 heteroatoms. The molecule has 1 saturated heterocycles. The van der Waals surface area contributed by atoms with Crippen LogP contribution in [0.2, 0.25) is 0 Å². The summed E-state index contributed by atoms with van der Waals surface area (Å²) < 4.78 is 43.7. The first-order valence-electron chi connectivity index (χ1n) is 9.74. The van der Waals surface area contributed by atoms with E-state index in [1.807, 2.05) is 35.2 Å². The molecule has 8 nitrogen and oxygen atoms in total. The molecule has 3 rings (SSSR count). The minimum absolute atomic E-state index is 0.0918. The van der Waals surface area contributed by atoms with Crippen molar-refractivity contribution in [3.05, 3.63) is 48.5 Å². The van der Waals surface area contributed by atoms with E-state index in [0.717, 1.165) is 0 Å². The van der Waals surface area contributed by atoms with Crippen molar-refractivity contribution >= 4 is 10.0 Å². The highest BCUT2D eigenvalue weighted by Gasteiger charge is 2.31. The zero-order valence-corrected chi connectivity index (χ0v) is 18.0. The summed E-state index contributed by atoms with van der Waals surface area (Å²) in [6, 6.07) is 14.0.